The van der Waals surface area contributed by atoms with Crippen LogP contribution in [0.4, 0.5) is 31.2 Å². The average molecular weight is 610 g/mol. The van der Waals surface area contributed by atoms with Crippen molar-refractivity contribution in [3.63, 3.8) is 0 Å². The van der Waals surface area contributed by atoms with Crippen LogP contribution in [0.5, 0.6) is 11.6 Å². The van der Waals surface area contributed by atoms with Gasteiger partial charge in [0.2, 0.25) is 5.88 Å². The number of ether oxygens (including phenoxy) is 3. The van der Waals surface area contributed by atoms with Crippen LogP contribution in [0.2, 0.25) is 5.02 Å². The van der Waals surface area contributed by atoms with Crippen molar-refractivity contribution < 1.29 is 33.1 Å². The summed E-state index contributed by atoms with van der Waals surface area (Å²) in [4.78, 5) is 45.6. The maximum atomic E-state index is 15.7. The zero-order chi connectivity index (χ0) is 31.1. The van der Waals surface area contributed by atoms with Crippen molar-refractivity contribution >= 4 is 51.8 Å². The standard InChI is InChI=1S/C29H25ClFN5O7/c1-15-20(13-33-26-25(15)35(9-10-41-26)28(38)43-29(2,3)4)19-11-16-12-22(32-14-21(16)23(30)24(19)31)34-27(37)42-18-7-5-17(6-8-18)36(39)40/h5-8,11-14H,9-10H2,1-4H3,(H,32,34,37). The third-order valence-electron chi connectivity index (χ3n) is 6.39. The number of pyridine rings is 2. The summed E-state index contributed by atoms with van der Waals surface area (Å²) in [6.07, 6.45) is 1.27. The van der Waals surface area contributed by atoms with Crippen molar-refractivity contribution in [1.29, 1.82) is 0 Å². The fraction of sp³-hybridized carbons (Fsp3) is 0.241. The third kappa shape index (κ3) is 6.11. The first-order chi connectivity index (χ1) is 20.3. The summed E-state index contributed by atoms with van der Waals surface area (Å²) in [6.45, 7) is 7.41. The number of fused-ring (bicyclic) bond motifs is 2. The number of nitro benzene ring substituents is 1. The average Bonchev–Trinajstić information content (AvgIpc) is 2.94. The van der Waals surface area contributed by atoms with E-state index in [-0.39, 0.29) is 46.9 Å². The van der Waals surface area contributed by atoms with Crippen LogP contribution in [-0.2, 0) is 4.74 Å². The molecule has 1 N–H and O–H groups in total. The number of anilines is 2. The number of nitrogens with zero attached hydrogens (tertiary/aromatic N) is 4. The summed E-state index contributed by atoms with van der Waals surface area (Å²) >= 11 is 6.42. The van der Waals surface area contributed by atoms with Gasteiger partial charge in [-0.05, 0) is 62.9 Å². The minimum Gasteiger partial charge on any atom is -0.474 e. The van der Waals surface area contributed by atoms with E-state index < -0.39 is 28.5 Å². The lowest BCUT2D eigenvalue weighted by atomic mass is 9.97. The summed E-state index contributed by atoms with van der Waals surface area (Å²) in [6, 6.07) is 7.98. The lowest BCUT2D eigenvalue weighted by Gasteiger charge is -2.32. The predicted octanol–water partition coefficient (Wildman–Crippen LogP) is 7.05. The Morgan fingerprint density at radius 1 is 1.14 bits per heavy atom. The van der Waals surface area contributed by atoms with Gasteiger partial charge in [-0.3, -0.25) is 20.3 Å². The molecule has 12 nitrogen and oxygen atoms in total. The van der Waals surface area contributed by atoms with Gasteiger partial charge in [-0.15, -0.1) is 0 Å². The van der Waals surface area contributed by atoms with E-state index in [2.05, 4.69) is 15.3 Å². The van der Waals surface area contributed by atoms with Crippen molar-refractivity contribution in [2.24, 2.45) is 0 Å². The van der Waals surface area contributed by atoms with E-state index in [0.717, 1.165) is 0 Å². The van der Waals surface area contributed by atoms with Crippen molar-refractivity contribution in [2.75, 3.05) is 23.4 Å². The van der Waals surface area contributed by atoms with E-state index in [1.54, 1.807) is 27.7 Å². The molecule has 0 saturated heterocycles. The van der Waals surface area contributed by atoms with Gasteiger partial charge in [0.05, 0.1) is 16.5 Å². The molecular formula is C29H25ClFN5O7. The Morgan fingerprint density at radius 2 is 1.86 bits per heavy atom. The molecule has 2 aromatic heterocycles. The summed E-state index contributed by atoms with van der Waals surface area (Å²) in [5, 5.41) is 13.8. The largest absolute Gasteiger partial charge is 0.474 e. The molecule has 0 atom stereocenters. The first-order valence-electron chi connectivity index (χ1n) is 13.0. The molecule has 0 saturated carbocycles. The number of rotatable bonds is 4. The molecule has 2 aromatic carbocycles. The number of non-ortho nitro benzene ring substituents is 1. The number of halogens is 2. The van der Waals surface area contributed by atoms with Crippen molar-refractivity contribution in [3.05, 3.63) is 75.3 Å². The maximum absolute atomic E-state index is 15.7. The second-order valence-corrected chi connectivity index (χ2v) is 10.9. The monoisotopic (exact) mass is 609 g/mol. The Morgan fingerprint density at radius 3 is 2.53 bits per heavy atom. The molecular weight excluding hydrogens is 585 g/mol. The number of carbonyl (C=O) groups excluding carboxylic acids is 2. The zero-order valence-electron chi connectivity index (χ0n) is 23.4. The molecule has 222 valence electrons. The summed E-state index contributed by atoms with van der Waals surface area (Å²) in [5.41, 5.74) is 0.455. The number of amides is 2. The van der Waals surface area contributed by atoms with Gasteiger partial charge in [0.25, 0.3) is 5.69 Å². The van der Waals surface area contributed by atoms with Crippen LogP contribution < -0.4 is 19.7 Å². The van der Waals surface area contributed by atoms with Gasteiger partial charge in [-0.2, -0.15) is 0 Å². The van der Waals surface area contributed by atoms with E-state index in [4.69, 9.17) is 25.8 Å². The van der Waals surface area contributed by atoms with Gasteiger partial charge in [0.15, 0.2) is 0 Å². The number of benzene rings is 2. The third-order valence-corrected chi connectivity index (χ3v) is 6.76. The van der Waals surface area contributed by atoms with Crippen LogP contribution in [0.15, 0.2) is 48.8 Å². The maximum Gasteiger partial charge on any atom is 0.418 e. The topological polar surface area (TPSA) is 146 Å². The van der Waals surface area contributed by atoms with Gasteiger partial charge in [-0.1, -0.05) is 11.6 Å². The predicted molar refractivity (Wildman–Crippen MR) is 156 cm³/mol. The number of nitro groups is 1. The molecule has 3 heterocycles. The molecule has 14 heteroatoms. The molecule has 4 aromatic rings. The smallest absolute Gasteiger partial charge is 0.418 e. The molecule has 0 radical (unpaired) electrons. The van der Waals surface area contributed by atoms with E-state index in [1.165, 1.54) is 53.7 Å². The first kappa shape index (κ1) is 29.5. The summed E-state index contributed by atoms with van der Waals surface area (Å²) < 4.78 is 32.1. The fourth-order valence-electron chi connectivity index (χ4n) is 4.48. The molecule has 5 rings (SSSR count). The van der Waals surface area contributed by atoms with E-state index in [1.807, 2.05) is 0 Å². The minimum atomic E-state index is -0.897. The Labute approximate surface area is 249 Å². The number of carbonyl (C=O) groups is 2. The Hall–Kier alpha value is -5.04. The SMILES string of the molecule is Cc1c(-c2cc3cc(NC(=O)Oc4ccc([N+](=O)[O-])cc4)ncc3c(Cl)c2F)cnc2c1N(C(=O)OC(C)(C)C)CCO2. The van der Waals surface area contributed by atoms with Gasteiger partial charge in [0.1, 0.15) is 35.3 Å². The quantitative estimate of drug-likeness (QED) is 0.190. The van der Waals surface area contributed by atoms with Gasteiger partial charge in [0, 0.05) is 41.0 Å². The second-order valence-electron chi connectivity index (χ2n) is 10.5. The van der Waals surface area contributed by atoms with E-state index in [9.17, 15) is 19.7 Å². The van der Waals surface area contributed by atoms with Crippen LogP contribution in [0.3, 0.4) is 0 Å². The highest BCUT2D eigenvalue weighted by molar-refractivity contribution is 6.36. The van der Waals surface area contributed by atoms with E-state index in [0.29, 0.717) is 27.6 Å². The van der Waals surface area contributed by atoms with Crippen LogP contribution >= 0.6 is 11.6 Å². The molecule has 0 fully saturated rings. The Kier molecular flexibility index (Phi) is 7.76. The van der Waals surface area contributed by atoms with Crippen LogP contribution in [-0.4, -0.2) is 45.8 Å². The fourth-order valence-corrected chi connectivity index (χ4v) is 4.74. The van der Waals surface area contributed by atoms with Gasteiger partial charge in [-0.25, -0.2) is 23.9 Å². The molecule has 43 heavy (non-hydrogen) atoms. The second kappa shape index (κ2) is 11.3. The normalized spacial score (nSPS) is 12.7. The lowest BCUT2D eigenvalue weighted by molar-refractivity contribution is -0.384. The van der Waals surface area contributed by atoms with Crippen LogP contribution in [0.1, 0.15) is 26.3 Å². The number of aromatic nitrogens is 2. The summed E-state index contributed by atoms with van der Waals surface area (Å²) in [7, 11) is 0. The van der Waals surface area contributed by atoms with E-state index >= 15 is 4.39 Å². The van der Waals surface area contributed by atoms with Crippen molar-refractivity contribution in [3.8, 4) is 22.8 Å². The molecule has 0 aliphatic carbocycles. The lowest BCUT2D eigenvalue weighted by Crippen LogP contribution is -2.42. The van der Waals surface area contributed by atoms with Crippen molar-refractivity contribution in [2.45, 2.75) is 33.3 Å². The summed E-state index contributed by atoms with van der Waals surface area (Å²) in [5.74, 6) is -0.346. The van der Waals surface area contributed by atoms with Crippen LogP contribution in [0.25, 0.3) is 21.9 Å². The molecule has 1 aliphatic heterocycles. The van der Waals surface area contributed by atoms with Gasteiger partial charge >= 0.3 is 12.2 Å². The molecule has 0 spiro atoms. The molecule has 2 amide bonds. The van der Waals surface area contributed by atoms with Gasteiger partial charge < -0.3 is 14.2 Å². The molecule has 0 bridgehead atoms. The van der Waals surface area contributed by atoms with Crippen molar-refractivity contribution in [1.82, 2.24) is 9.97 Å². The first-order valence-corrected chi connectivity index (χ1v) is 13.3. The Balaban J connectivity index is 1.47. The molecule has 1 aliphatic rings. The highest BCUT2D eigenvalue weighted by atomic mass is 35.5. The minimum absolute atomic E-state index is 0.0797. The highest BCUT2D eigenvalue weighted by Crippen LogP contribution is 2.42. The number of hydrogen-bond donors (Lipinski definition) is 1. The molecule has 0 unspecified atom stereocenters. The number of nitrogens with one attached hydrogen (secondary N) is 1. The highest BCUT2D eigenvalue weighted by Gasteiger charge is 2.32. The number of hydrogen-bond acceptors (Lipinski definition) is 9. The van der Waals surface area contributed by atoms with Crippen LogP contribution in [0, 0.1) is 22.9 Å². The zero-order valence-corrected chi connectivity index (χ0v) is 24.2. The Bertz CT molecular complexity index is 1780.